The monoisotopic (exact) mass is 270 g/mol. The number of methoxy groups -OCH3 is 1. The summed E-state index contributed by atoms with van der Waals surface area (Å²) in [4.78, 5) is 4.35. The number of ether oxygens (including phenoxy) is 1. The molecule has 1 aromatic heterocycles. The van der Waals surface area contributed by atoms with Crippen LogP contribution in [0.5, 0.6) is 5.88 Å². The first kappa shape index (κ1) is 15.3. The number of hydrogen-bond donors (Lipinski definition) is 1. The van der Waals surface area contributed by atoms with E-state index in [9.17, 15) is 0 Å². The van der Waals surface area contributed by atoms with Gasteiger partial charge in [0.2, 0.25) is 5.88 Å². The van der Waals surface area contributed by atoms with E-state index >= 15 is 0 Å². The molecule has 102 valence electrons. The van der Waals surface area contributed by atoms with Crippen molar-refractivity contribution in [1.29, 1.82) is 0 Å². The van der Waals surface area contributed by atoms with Gasteiger partial charge in [0.05, 0.1) is 12.8 Å². The van der Waals surface area contributed by atoms with Crippen LogP contribution >= 0.6 is 11.6 Å². The van der Waals surface area contributed by atoms with Crippen LogP contribution in [0.2, 0.25) is 0 Å². The Balaban J connectivity index is 2.36. The topological polar surface area (TPSA) is 34.1 Å². The fourth-order valence-electron chi connectivity index (χ4n) is 1.97. The van der Waals surface area contributed by atoms with Crippen LogP contribution < -0.4 is 10.1 Å². The highest BCUT2D eigenvalue weighted by Crippen LogP contribution is 2.17. The SMILES string of the molecule is CCC(CC)C(Cl)CNCc1cccc(OC)n1. The maximum Gasteiger partial charge on any atom is 0.213 e. The largest absolute Gasteiger partial charge is 0.481 e. The number of halogens is 1. The molecular weight excluding hydrogens is 248 g/mol. The van der Waals surface area contributed by atoms with Crippen molar-refractivity contribution in [2.45, 2.75) is 38.6 Å². The maximum atomic E-state index is 6.36. The molecule has 1 atom stereocenters. The molecule has 0 aromatic carbocycles. The molecular formula is C14H23ClN2O. The third-order valence-corrected chi connectivity index (χ3v) is 3.71. The standard InChI is InChI=1S/C14H23ClN2O/c1-4-11(5-2)13(15)10-16-9-12-7-6-8-14(17-12)18-3/h6-8,11,13,16H,4-5,9-10H2,1-3H3. The number of hydrogen-bond acceptors (Lipinski definition) is 3. The zero-order valence-corrected chi connectivity index (χ0v) is 12.2. The fourth-order valence-corrected chi connectivity index (χ4v) is 2.44. The first-order valence-electron chi connectivity index (χ1n) is 6.55. The lowest BCUT2D eigenvalue weighted by Crippen LogP contribution is -2.28. The summed E-state index contributed by atoms with van der Waals surface area (Å²) in [5.41, 5.74) is 0.975. The van der Waals surface area contributed by atoms with Gasteiger partial charge in [0, 0.05) is 24.5 Å². The van der Waals surface area contributed by atoms with Gasteiger partial charge >= 0.3 is 0 Å². The van der Waals surface area contributed by atoms with E-state index in [0.29, 0.717) is 11.8 Å². The maximum absolute atomic E-state index is 6.36. The van der Waals surface area contributed by atoms with E-state index in [1.54, 1.807) is 7.11 Å². The number of nitrogens with zero attached hydrogens (tertiary/aromatic N) is 1. The van der Waals surface area contributed by atoms with Gasteiger partial charge in [-0.2, -0.15) is 0 Å². The summed E-state index contributed by atoms with van der Waals surface area (Å²) in [7, 11) is 1.63. The van der Waals surface area contributed by atoms with E-state index in [4.69, 9.17) is 16.3 Å². The second-order valence-electron chi connectivity index (χ2n) is 4.39. The molecule has 0 saturated carbocycles. The minimum Gasteiger partial charge on any atom is -0.481 e. The van der Waals surface area contributed by atoms with E-state index < -0.39 is 0 Å². The lowest BCUT2D eigenvalue weighted by molar-refractivity contribution is 0.395. The Hall–Kier alpha value is -0.800. The molecule has 1 N–H and O–H groups in total. The molecule has 0 amide bonds. The summed E-state index contributed by atoms with van der Waals surface area (Å²) in [6.45, 7) is 5.91. The molecule has 0 radical (unpaired) electrons. The van der Waals surface area contributed by atoms with Crippen molar-refractivity contribution in [3.05, 3.63) is 23.9 Å². The van der Waals surface area contributed by atoms with Gasteiger partial charge in [-0.1, -0.05) is 32.8 Å². The van der Waals surface area contributed by atoms with Gasteiger partial charge < -0.3 is 10.1 Å². The molecule has 1 heterocycles. The van der Waals surface area contributed by atoms with Gasteiger partial charge in [-0.3, -0.25) is 0 Å². The van der Waals surface area contributed by atoms with Gasteiger partial charge in [-0.15, -0.1) is 11.6 Å². The van der Waals surface area contributed by atoms with E-state index in [1.807, 2.05) is 18.2 Å². The molecule has 0 aliphatic heterocycles. The summed E-state index contributed by atoms with van der Waals surface area (Å²) >= 11 is 6.36. The normalized spacial score (nSPS) is 12.7. The number of pyridine rings is 1. The number of alkyl halides is 1. The van der Waals surface area contributed by atoms with Crippen molar-refractivity contribution in [2.75, 3.05) is 13.7 Å². The Kier molecular flexibility index (Phi) is 7.06. The molecule has 0 aliphatic carbocycles. The Bertz CT molecular complexity index is 342. The van der Waals surface area contributed by atoms with Crippen LogP contribution in [0.15, 0.2) is 18.2 Å². The van der Waals surface area contributed by atoms with E-state index in [1.165, 1.54) is 0 Å². The molecule has 0 fully saturated rings. The van der Waals surface area contributed by atoms with Gasteiger partial charge in [0.15, 0.2) is 0 Å². The Morgan fingerprint density at radius 1 is 1.33 bits per heavy atom. The van der Waals surface area contributed by atoms with Crippen molar-refractivity contribution in [3.63, 3.8) is 0 Å². The molecule has 4 heteroatoms. The summed E-state index contributed by atoms with van der Waals surface area (Å²) in [5.74, 6) is 1.23. The third kappa shape index (κ3) is 4.83. The van der Waals surface area contributed by atoms with Crippen molar-refractivity contribution >= 4 is 11.6 Å². The first-order chi connectivity index (χ1) is 8.71. The van der Waals surface area contributed by atoms with Crippen LogP contribution in [0.1, 0.15) is 32.4 Å². The van der Waals surface area contributed by atoms with E-state index in [2.05, 4.69) is 24.1 Å². The van der Waals surface area contributed by atoms with Crippen LogP contribution in [0.4, 0.5) is 0 Å². The van der Waals surface area contributed by atoms with Crippen LogP contribution in [-0.4, -0.2) is 24.0 Å². The summed E-state index contributed by atoms with van der Waals surface area (Å²) < 4.78 is 5.09. The first-order valence-corrected chi connectivity index (χ1v) is 6.99. The third-order valence-electron chi connectivity index (χ3n) is 3.20. The van der Waals surface area contributed by atoms with Gasteiger partial charge in [-0.05, 0) is 12.0 Å². The second-order valence-corrected chi connectivity index (χ2v) is 4.96. The van der Waals surface area contributed by atoms with Gasteiger partial charge in [0.25, 0.3) is 0 Å². The summed E-state index contributed by atoms with van der Waals surface area (Å²) in [6, 6.07) is 5.77. The van der Waals surface area contributed by atoms with Gasteiger partial charge in [-0.25, -0.2) is 4.98 Å². The average molecular weight is 271 g/mol. The average Bonchev–Trinajstić information content (AvgIpc) is 2.40. The fraction of sp³-hybridized carbons (Fsp3) is 0.643. The van der Waals surface area contributed by atoms with Crippen molar-refractivity contribution in [2.24, 2.45) is 5.92 Å². The minimum absolute atomic E-state index is 0.186. The molecule has 1 aromatic rings. The lowest BCUT2D eigenvalue weighted by Gasteiger charge is -2.19. The molecule has 3 nitrogen and oxygen atoms in total. The number of rotatable bonds is 8. The predicted molar refractivity (Wildman–Crippen MR) is 76.2 cm³/mol. The highest BCUT2D eigenvalue weighted by atomic mass is 35.5. The van der Waals surface area contributed by atoms with Crippen LogP contribution in [-0.2, 0) is 6.54 Å². The Morgan fingerprint density at radius 2 is 2.06 bits per heavy atom. The summed E-state index contributed by atoms with van der Waals surface area (Å²) in [6.07, 6.45) is 2.26. The van der Waals surface area contributed by atoms with Crippen molar-refractivity contribution < 1.29 is 4.74 Å². The molecule has 0 aliphatic rings. The van der Waals surface area contributed by atoms with E-state index in [-0.39, 0.29) is 5.38 Å². The highest BCUT2D eigenvalue weighted by molar-refractivity contribution is 6.21. The summed E-state index contributed by atoms with van der Waals surface area (Å²) in [5, 5.41) is 3.54. The quantitative estimate of drug-likeness (QED) is 0.737. The Morgan fingerprint density at radius 3 is 2.67 bits per heavy atom. The zero-order chi connectivity index (χ0) is 13.4. The molecule has 0 bridgehead atoms. The van der Waals surface area contributed by atoms with Crippen molar-refractivity contribution in [1.82, 2.24) is 10.3 Å². The highest BCUT2D eigenvalue weighted by Gasteiger charge is 2.14. The predicted octanol–water partition coefficient (Wildman–Crippen LogP) is 3.22. The molecule has 1 unspecified atom stereocenters. The van der Waals surface area contributed by atoms with Gasteiger partial charge in [0.1, 0.15) is 0 Å². The zero-order valence-electron chi connectivity index (χ0n) is 11.4. The molecule has 0 spiro atoms. The smallest absolute Gasteiger partial charge is 0.213 e. The second kappa shape index (κ2) is 8.33. The molecule has 1 rings (SSSR count). The Labute approximate surface area is 115 Å². The minimum atomic E-state index is 0.186. The molecule has 0 saturated heterocycles. The molecule has 18 heavy (non-hydrogen) atoms. The van der Waals surface area contributed by atoms with Crippen molar-refractivity contribution in [3.8, 4) is 5.88 Å². The van der Waals surface area contributed by atoms with Crippen LogP contribution in [0, 0.1) is 5.92 Å². The number of nitrogens with one attached hydrogen (secondary N) is 1. The number of aromatic nitrogens is 1. The van der Waals surface area contributed by atoms with Crippen LogP contribution in [0.3, 0.4) is 0 Å². The lowest BCUT2D eigenvalue weighted by atomic mass is 9.99. The van der Waals surface area contributed by atoms with E-state index in [0.717, 1.165) is 31.6 Å². The van der Waals surface area contributed by atoms with Crippen LogP contribution in [0.25, 0.3) is 0 Å².